The summed E-state index contributed by atoms with van der Waals surface area (Å²) in [6, 6.07) is 44.0. The van der Waals surface area contributed by atoms with Crippen LogP contribution < -0.4 is 4.90 Å². The molecular formula is C37H31NO2. The molecule has 5 aromatic rings. The van der Waals surface area contributed by atoms with E-state index in [2.05, 4.69) is 110 Å². The zero-order chi connectivity index (χ0) is 27.9. The first-order valence-electron chi connectivity index (χ1n) is 13.3. The lowest BCUT2D eigenvalue weighted by molar-refractivity contribution is -0.131. The smallest absolute Gasteiger partial charge is 0.328 e. The first-order chi connectivity index (χ1) is 19.5. The van der Waals surface area contributed by atoms with E-state index in [9.17, 15) is 4.79 Å². The van der Waals surface area contributed by atoms with Gasteiger partial charge in [0.2, 0.25) is 0 Å². The summed E-state index contributed by atoms with van der Waals surface area (Å²) < 4.78 is 0. The molecular weight excluding hydrogens is 490 g/mol. The minimum Gasteiger partial charge on any atom is -0.478 e. The van der Waals surface area contributed by atoms with Gasteiger partial charge in [0.1, 0.15) is 0 Å². The molecule has 0 saturated heterocycles. The number of carboxylic acid groups (broad SMARTS) is 1. The van der Waals surface area contributed by atoms with Crippen molar-refractivity contribution in [3.05, 3.63) is 167 Å². The van der Waals surface area contributed by atoms with Crippen molar-refractivity contribution in [2.75, 3.05) is 4.90 Å². The van der Waals surface area contributed by atoms with Gasteiger partial charge in [0.05, 0.1) is 0 Å². The third-order valence-electron chi connectivity index (χ3n) is 6.77. The standard InChI is InChI=1S/C37H31NO2/c1-27-8-17-31(18-9-27)36(32-19-10-28(2)11-20-32)26-30-14-23-35(24-15-30)38(33-6-4-3-5-7-33)34-21-12-29(13-22-34)16-25-37(39)40/h3-26H,1-2H3,(H,39,40)/b25-16+. The summed E-state index contributed by atoms with van der Waals surface area (Å²) in [6.45, 7) is 4.22. The van der Waals surface area contributed by atoms with Crippen LogP contribution in [0.1, 0.15) is 33.4 Å². The molecule has 0 heterocycles. The molecule has 1 N–H and O–H groups in total. The third-order valence-corrected chi connectivity index (χ3v) is 6.77. The average molecular weight is 522 g/mol. The molecule has 0 bridgehead atoms. The maximum absolute atomic E-state index is 10.9. The lowest BCUT2D eigenvalue weighted by atomic mass is 9.94. The fourth-order valence-corrected chi connectivity index (χ4v) is 4.61. The molecule has 3 heteroatoms. The van der Waals surface area contributed by atoms with Crippen molar-refractivity contribution in [2.24, 2.45) is 0 Å². The van der Waals surface area contributed by atoms with E-state index in [-0.39, 0.29) is 0 Å². The molecule has 0 saturated carbocycles. The van der Waals surface area contributed by atoms with Crippen molar-refractivity contribution in [2.45, 2.75) is 13.8 Å². The van der Waals surface area contributed by atoms with Gasteiger partial charge in [-0.05, 0) is 90.2 Å². The van der Waals surface area contributed by atoms with Gasteiger partial charge in [-0.1, -0.05) is 102 Å². The number of aliphatic carboxylic acids is 1. The second-order valence-corrected chi connectivity index (χ2v) is 9.82. The summed E-state index contributed by atoms with van der Waals surface area (Å²) in [5.41, 5.74) is 11.0. The highest BCUT2D eigenvalue weighted by Crippen LogP contribution is 2.35. The van der Waals surface area contributed by atoms with Gasteiger partial charge in [-0.3, -0.25) is 0 Å². The molecule has 5 rings (SSSR count). The molecule has 0 unspecified atom stereocenters. The maximum atomic E-state index is 10.9. The minimum absolute atomic E-state index is 0.833. The Balaban J connectivity index is 1.52. The number of benzene rings is 5. The summed E-state index contributed by atoms with van der Waals surface area (Å²) >= 11 is 0. The molecule has 0 aliphatic carbocycles. The van der Waals surface area contributed by atoms with Crippen molar-refractivity contribution >= 4 is 40.8 Å². The first kappa shape index (κ1) is 26.5. The van der Waals surface area contributed by atoms with E-state index in [0.29, 0.717) is 0 Å². The highest BCUT2D eigenvalue weighted by Gasteiger charge is 2.12. The number of rotatable bonds is 8. The van der Waals surface area contributed by atoms with E-state index in [4.69, 9.17) is 5.11 Å². The summed E-state index contributed by atoms with van der Waals surface area (Å²) in [6.07, 6.45) is 4.99. The molecule has 0 atom stereocenters. The molecule has 40 heavy (non-hydrogen) atoms. The topological polar surface area (TPSA) is 40.5 Å². The van der Waals surface area contributed by atoms with Crippen molar-refractivity contribution in [3.63, 3.8) is 0 Å². The second kappa shape index (κ2) is 12.1. The van der Waals surface area contributed by atoms with Crippen LogP contribution in [-0.4, -0.2) is 11.1 Å². The molecule has 5 aromatic carbocycles. The monoisotopic (exact) mass is 521 g/mol. The summed E-state index contributed by atoms with van der Waals surface area (Å²) in [5, 5.41) is 8.94. The van der Waals surface area contributed by atoms with Crippen molar-refractivity contribution in [3.8, 4) is 0 Å². The van der Waals surface area contributed by atoms with Crippen LogP contribution in [0.25, 0.3) is 17.7 Å². The zero-order valence-electron chi connectivity index (χ0n) is 22.7. The van der Waals surface area contributed by atoms with Crippen LogP contribution in [0.15, 0.2) is 133 Å². The van der Waals surface area contributed by atoms with E-state index < -0.39 is 5.97 Å². The molecule has 0 aromatic heterocycles. The normalized spacial score (nSPS) is 10.8. The number of hydrogen-bond acceptors (Lipinski definition) is 2. The van der Waals surface area contributed by atoms with Crippen LogP contribution in [-0.2, 0) is 4.79 Å². The molecule has 0 amide bonds. The third kappa shape index (κ3) is 6.46. The van der Waals surface area contributed by atoms with E-state index in [1.54, 1.807) is 6.08 Å². The van der Waals surface area contributed by atoms with Crippen LogP contribution in [0.3, 0.4) is 0 Å². The molecule has 0 fully saturated rings. The maximum Gasteiger partial charge on any atom is 0.328 e. The Kier molecular flexibility index (Phi) is 8.03. The van der Waals surface area contributed by atoms with E-state index in [0.717, 1.165) is 34.3 Å². The highest BCUT2D eigenvalue weighted by molar-refractivity contribution is 5.92. The number of aryl methyl sites for hydroxylation is 2. The number of anilines is 3. The Hall–Kier alpha value is -5.15. The van der Waals surface area contributed by atoms with Gasteiger partial charge in [-0.2, -0.15) is 0 Å². The quantitative estimate of drug-likeness (QED) is 0.163. The lowest BCUT2D eigenvalue weighted by Gasteiger charge is -2.25. The summed E-state index contributed by atoms with van der Waals surface area (Å²) in [7, 11) is 0. The van der Waals surface area contributed by atoms with Crippen LogP contribution >= 0.6 is 0 Å². The Bertz CT molecular complexity index is 1580. The number of hydrogen-bond donors (Lipinski definition) is 1. The zero-order valence-corrected chi connectivity index (χ0v) is 22.7. The SMILES string of the molecule is Cc1ccc(C(=Cc2ccc(N(c3ccccc3)c3ccc(/C=C/C(=O)O)cc3)cc2)c2ccc(C)cc2)cc1. The Labute approximate surface area is 236 Å². The van der Waals surface area contributed by atoms with Crippen molar-refractivity contribution in [1.29, 1.82) is 0 Å². The van der Waals surface area contributed by atoms with Gasteiger partial charge in [0, 0.05) is 23.1 Å². The number of carboxylic acids is 1. The van der Waals surface area contributed by atoms with Gasteiger partial charge in [0.15, 0.2) is 0 Å². The van der Waals surface area contributed by atoms with Gasteiger partial charge in [-0.15, -0.1) is 0 Å². The van der Waals surface area contributed by atoms with E-state index in [1.165, 1.54) is 27.8 Å². The van der Waals surface area contributed by atoms with Gasteiger partial charge in [0.25, 0.3) is 0 Å². The van der Waals surface area contributed by atoms with Gasteiger partial charge >= 0.3 is 5.97 Å². The summed E-state index contributed by atoms with van der Waals surface area (Å²) in [4.78, 5) is 13.1. The molecule has 3 nitrogen and oxygen atoms in total. The Morgan fingerprint density at radius 3 is 1.50 bits per heavy atom. The summed E-state index contributed by atoms with van der Waals surface area (Å²) in [5.74, 6) is -0.961. The molecule has 0 aliphatic rings. The molecule has 196 valence electrons. The van der Waals surface area contributed by atoms with Crippen molar-refractivity contribution in [1.82, 2.24) is 0 Å². The fraction of sp³-hybridized carbons (Fsp3) is 0.0541. The molecule has 0 aliphatic heterocycles. The minimum atomic E-state index is -0.961. The number of para-hydroxylation sites is 1. The van der Waals surface area contributed by atoms with Crippen LogP contribution in [0.2, 0.25) is 0 Å². The van der Waals surface area contributed by atoms with Gasteiger partial charge < -0.3 is 10.0 Å². The predicted molar refractivity (Wildman–Crippen MR) is 167 cm³/mol. The van der Waals surface area contributed by atoms with Crippen LogP contribution in [0.5, 0.6) is 0 Å². The number of nitrogens with zero attached hydrogens (tertiary/aromatic N) is 1. The average Bonchev–Trinajstić information content (AvgIpc) is 2.98. The van der Waals surface area contributed by atoms with E-state index in [1.807, 2.05) is 42.5 Å². The highest BCUT2D eigenvalue weighted by atomic mass is 16.4. The fourth-order valence-electron chi connectivity index (χ4n) is 4.61. The Morgan fingerprint density at radius 2 is 1.02 bits per heavy atom. The predicted octanol–water partition coefficient (Wildman–Crippen LogP) is 9.46. The number of carbonyl (C=O) groups is 1. The lowest BCUT2D eigenvalue weighted by Crippen LogP contribution is -2.09. The second-order valence-electron chi connectivity index (χ2n) is 9.82. The van der Waals surface area contributed by atoms with Gasteiger partial charge in [-0.25, -0.2) is 4.79 Å². The Morgan fingerprint density at radius 1 is 0.575 bits per heavy atom. The largest absolute Gasteiger partial charge is 0.478 e. The van der Waals surface area contributed by atoms with Crippen molar-refractivity contribution < 1.29 is 9.90 Å². The van der Waals surface area contributed by atoms with E-state index >= 15 is 0 Å². The van der Waals surface area contributed by atoms with Crippen LogP contribution in [0, 0.1) is 13.8 Å². The van der Waals surface area contributed by atoms with Crippen LogP contribution in [0.4, 0.5) is 17.1 Å². The molecule has 0 radical (unpaired) electrons. The first-order valence-corrected chi connectivity index (χ1v) is 13.3. The molecule has 0 spiro atoms.